The summed E-state index contributed by atoms with van der Waals surface area (Å²) in [6.45, 7) is 1.73. The highest BCUT2D eigenvalue weighted by Crippen LogP contribution is 2.28. The summed E-state index contributed by atoms with van der Waals surface area (Å²) in [5.41, 5.74) is 1.32. The first kappa shape index (κ1) is 19.5. The molecule has 3 rings (SSSR count). The number of hydrogen-bond donors (Lipinski definition) is 0. The predicted molar refractivity (Wildman–Crippen MR) is 107 cm³/mol. The highest BCUT2D eigenvalue weighted by Gasteiger charge is 2.22. The molecule has 5 heteroatoms. The van der Waals surface area contributed by atoms with E-state index in [-0.39, 0.29) is 0 Å². The minimum absolute atomic E-state index is 0.483. The Balaban J connectivity index is 1.72. The number of nitriles is 1. The van der Waals surface area contributed by atoms with Crippen LogP contribution in [0.2, 0.25) is 5.02 Å². The normalized spacial score (nSPS) is 12.5. The van der Waals surface area contributed by atoms with Crippen molar-refractivity contribution in [1.82, 2.24) is 0 Å². The average Bonchev–Trinajstić information content (AvgIpc) is 2.73. The van der Waals surface area contributed by atoms with E-state index in [0.717, 1.165) is 5.56 Å². The van der Waals surface area contributed by atoms with Gasteiger partial charge in [-0.3, -0.25) is 4.79 Å². The maximum Gasteiger partial charge on any atom is 0.314 e. The van der Waals surface area contributed by atoms with Gasteiger partial charge in [-0.05, 0) is 48.9 Å². The summed E-state index contributed by atoms with van der Waals surface area (Å²) in [5.74, 6) is 0.243. The number of carbonyl (C=O) groups excluding carboxylic acids is 1. The molecule has 2 unspecified atom stereocenters. The van der Waals surface area contributed by atoms with Crippen LogP contribution in [-0.2, 0) is 9.53 Å². The van der Waals surface area contributed by atoms with Crippen LogP contribution < -0.4 is 4.74 Å². The Morgan fingerprint density at radius 2 is 1.61 bits per heavy atom. The summed E-state index contributed by atoms with van der Waals surface area (Å²) in [6.07, 6.45) is -1.03. The molecule has 3 aromatic rings. The monoisotopic (exact) mass is 391 g/mol. The molecule has 28 heavy (non-hydrogen) atoms. The van der Waals surface area contributed by atoms with Crippen molar-refractivity contribution < 1.29 is 14.3 Å². The molecular weight excluding hydrogens is 374 g/mol. The molecule has 0 bridgehead atoms. The largest absolute Gasteiger partial charge is 0.457 e. The minimum atomic E-state index is -1.03. The molecule has 0 aliphatic heterocycles. The van der Waals surface area contributed by atoms with Gasteiger partial charge in [-0.1, -0.05) is 54.1 Å². The van der Waals surface area contributed by atoms with E-state index in [1.807, 2.05) is 36.4 Å². The third-order valence-corrected chi connectivity index (χ3v) is 4.47. The fraction of sp³-hybridized carbons (Fsp3) is 0.130. The van der Waals surface area contributed by atoms with Crippen LogP contribution in [-0.4, -0.2) is 5.97 Å². The summed E-state index contributed by atoms with van der Waals surface area (Å²) < 4.78 is 11.2. The second kappa shape index (κ2) is 9.07. The molecule has 3 aromatic carbocycles. The highest BCUT2D eigenvalue weighted by atomic mass is 35.5. The van der Waals surface area contributed by atoms with Crippen LogP contribution in [0, 0.1) is 11.3 Å². The van der Waals surface area contributed by atoms with Gasteiger partial charge >= 0.3 is 5.97 Å². The zero-order valence-electron chi connectivity index (χ0n) is 15.2. The number of esters is 1. The smallest absolute Gasteiger partial charge is 0.314 e. The lowest BCUT2D eigenvalue weighted by Gasteiger charge is -2.16. The third kappa shape index (κ3) is 4.91. The van der Waals surface area contributed by atoms with E-state index in [0.29, 0.717) is 22.1 Å². The Hall–Kier alpha value is -3.29. The standard InChI is InChI=1S/C23H18ClNO3/c1-16(17-10-12-19(24)13-11-17)23(26)28-22(15-25)18-6-5-9-21(14-18)27-20-7-3-2-4-8-20/h2-14,16,22H,1H3. The molecule has 0 saturated heterocycles. The molecule has 0 heterocycles. The van der Waals surface area contributed by atoms with Crippen molar-refractivity contribution in [2.45, 2.75) is 18.9 Å². The van der Waals surface area contributed by atoms with Gasteiger partial charge in [-0.2, -0.15) is 5.26 Å². The highest BCUT2D eigenvalue weighted by molar-refractivity contribution is 6.30. The van der Waals surface area contributed by atoms with E-state index >= 15 is 0 Å². The number of ether oxygens (including phenoxy) is 2. The van der Waals surface area contributed by atoms with Crippen molar-refractivity contribution in [2.75, 3.05) is 0 Å². The van der Waals surface area contributed by atoms with Crippen molar-refractivity contribution in [1.29, 1.82) is 5.26 Å². The van der Waals surface area contributed by atoms with Gasteiger partial charge in [0, 0.05) is 10.6 Å². The first-order chi connectivity index (χ1) is 13.6. The quantitative estimate of drug-likeness (QED) is 0.480. The van der Waals surface area contributed by atoms with Gasteiger partial charge in [0.1, 0.15) is 17.6 Å². The zero-order chi connectivity index (χ0) is 19.9. The number of nitrogens with zero attached hydrogens (tertiary/aromatic N) is 1. The van der Waals surface area contributed by atoms with Crippen molar-refractivity contribution in [3.63, 3.8) is 0 Å². The first-order valence-electron chi connectivity index (χ1n) is 8.75. The van der Waals surface area contributed by atoms with Crippen LogP contribution >= 0.6 is 11.6 Å². The minimum Gasteiger partial charge on any atom is -0.457 e. The van der Waals surface area contributed by atoms with E-state index < -0.39 is 18.0 Å². The SMILES string of the molecule is CC(C(=O)OC(C#N)c1cccc(Oc2ccccc2)c1)c1ccc(Cl)cc1. The maximum atomic E-state index is 12.5. The van der Waals surface area contributed by atoms with E-state index in [2.05, 4.69) is 0 Å². The second-order valence-corrected chi connectivity index (χ2v) is 6.64. The van der Waals surface area contributed by atoms with Crippen molar-refractivity contribution >= 4 is 17.6 Å². The van der Waals surface area contributed by atoms with E-state index in [4.69, 9.17) is 21.1 Å². The Labute approximate surface area is 168 Å². The summed E-state index contributed by atoms with van der Waals surface area (Å²) in [6, 6.07) is 25.3. The second-order valence-electron chi connectivity index (χ2n) is 6.21. The van der Waals surface area contributed by atoms with Crippen LogP contribution in [0.15, 0.2) is 78.9 Å². The molecule has 4 nitrogen and oxygen atoms in total. The van der Waals surface area contributed by atoms with Gasteiger partial charge in [-0.15, -0.1) is 0 Å². The molecule has 0 aromatic heterocycles. The van der Waals surface area contributed by atoms with Crippen LogP contribution in [0.3, 0.4) is 0 Å². The van der Waals surface area contributed by atoms with Crippen molar-refractivity contribution in [2.24, 2.45) is 0 Å². The number of para-hydroxylation sites is 1. The van der Waals surface area contributed by atoms with E-state index in [1.54, 1.807) is 55.5 Å². The summed E-state index contributed by atoms with van der Waals surface area (Å²) >= 11 is 5.88. The van der Waals surface area contributed by atoms with E-state index in [9.17, 15) is 10.1 Å². The Bertz CT molecular complexity index is 981. The lowest BCUT2D eigenvalue weighted by Crippen LogP contribution is -2.16. The fourth-order valence-electron chi connectivity index (χ4n) is 2.64. The molecule has 0 aliphatic rings. The Morgan fingerprint density at radius 3 is 2.29 bits per heavy atom. The van der Waals surface area contributed by atoms with Gasteiger partial charge < -0.3 is 9.47 Å². The number of hydrogen-bond acceptors (Lipinski definition) is 4. The third-order valence-electron chi connectivity index (χ3n) is 4.21. The number of rotatable bonds is 6. The van der Waals surface area contributed by atoms with Gasteiger partial charge in [0.15, 0.2) is 0 Å². The van der Waals surface area contributed by atoms with Gasteiger partial charge in [0.05, 0.1) is 5.92 Å². The van der Waals surface area contributed by atoms with Crippen molar-refractivity contribution in [3.05, 3.63) is 95.0 Å². The maximum absolute atomic E-state index is 12.5. The molecule has 0 aliphatic carbocycles. The number of carbonyl (C=O) groups is 1. The molecule has 0 fully saturated rings. The molecule has 0 radical (unpaired) electrons. The number of benzene rings is 3. The van der Waals surface area contributed by atoms with Crippen LogP contribution in [0.5, 0.6) is 11.5 Å². The van der Waals surface area contributed by atoms with Gasteiger partial charge in [0.2, 0.25) is 6.10 Å². The Kier molecular flexibility index (Phi) is 6.31. The molecule has 0 N–H and O–H groups in total. The van der Waals surface area contributed by atoms with Crippen LogP contribution in [0.25, 0.3) is 0 Å². The Morgan fingerprint density at radius 1 is 0.929 bits per heavy atom. The number of halogens is 1. The lowest BCUT2D eigenvalue weighted by molar-refractivity contribution is -0.148. The first-order valence-corrected chi connectivity index (χ1v) is 9.13. The molecular formula is C23H18ClNO3. The van der Waals surface area contributed by atoms with Crippen LogP contribution in [0.4, 0.5) is 0 Å². The summed E-state index contributed by atoms with van der Waals surface area (Å²) in [4.78, 5) is 12.5. The predicted octanol–water partition coefficient (Wildman–Crippen LogP) is 6.04. The lowest BCUT2D eigenvalue weighted by atomic mass is 10.0. The van der Waals surface area contributed by atoms with Crippen molar-refractivity contribution in [3.8, 4) is 17.6 Å². The van der Waals surface area contributed by atoms with Gasteiger partial charge in [0.25, 0.3) is 0 Å². The summed E-state index contributed by atoms with van der Waals surface area (Å²) in [5, 5.41) is 10.1. The molecule has 140 valence electrons. The van der Waals surface area contributed by atoms with Crippen LogP contribution in [0.1, 0.15) is 30.1 Å². The zero-order valence-corrected chi connectivity index (χ0v) is 16.0. The average molecular weight is 392 g/mol. The fourth-order valence-corrected chi connectivity index (χ4v) is 2.77. The van der Waals surface area contributed by atoms with Gasteiger partial charge in [-0.25, -0.2) is 0 Å². The van der Waals surface area contributed by atoms with E-state index in [1.165, 1.54) is 0 Å². The topological polar surface area (TPSA) is 59.3 Å². The molecule has 2 atom stereocenters. The molecule has 0 amide bonds. The molecule has 0 saturated carbocycles. The summed E-state index contributed by atoms with van der Waals surface area (Å²) in [7, 11) is 0. The molecule has 0 spiro atoms.